The number of halogens is 6. The van der Waals surface area contributed by atoms with Gasteiger partial charge in [-0.25, -0.2) is 13.7 Å². The van der Waals surface area contributed by atoms with Gasteiger partial charge in [0.15, 0.2) is 9.92 Å². The lowest BCUT2D eigenvalue weighted by Crippen LogP contribution is -2.54. The molecule has 198 valence electrons. The van der Waals surface area contributed by atoms with Crippen molar-refractivity contribution in [1.29, 1.82) is 5.26 Å². The summed E-state index contributed by atoms with van der Waals surface area (Å²) in [6.45, 7) is 0. The highest BCUT2D eigenvalue weighted by Crippen LogP contribution is 2.50. The average molecular weight is 546 g/mol. The summed E-state index contributed by atoms with van der Waals surface area (Å²) in [5.41, 5.74) is -2.54. The Morgan fingerprint density at radius 1 is 0.973 bits per heavy atom. The van der Waals surface area contributed by atoms with Gasteiger partial charge in [0.05, 0.1) is 4.90 Å². The van der Waals surface area contributed by atoms with Crippen LogP contribution in [0.15, 0.2) is 39.6 Å². The van der Waals surface area contributed by atoms with Crippen LogP contribution in [0.2, 0.25) is 0 Å². The molecule has 7 nitrogen and oxygen atoms in total. The van der Waals surface area contributed by atoms with Crippen molar-refractivity contribution in [2.75, 3.05) is 5.32 Å². The molecule has 4 rings (SSSR count). The van der Waals surface area contributed by atoms with Crippen molar-refractivity contribution in [1.82, 2.24) is 4.72 Å². The quantitative estimate of drug-likeness (QED) is 0.369. The number of nitrogens with zero attached hydrogens (tertiary/aromatic N) is 2. The minimum absolute atomic E-state index is 0.155. The van der Waals surface area contributed by atoms with Gasteiger partial charge < -0.3 is 10.4 Å². The van der Waals surface area contributed by atoms with Crippen molar-refractivity contribution < 1.29 is 40.5 Å². The van der Waals surface area contributed by atoms with E-state index in [-0.39, 0.29) is 6.07 Å². The number of hydrogen-bond donors (Lipinski definition) is 3. The molecule has 0 bridgehead atoms. The number of nitriles is 1. The molecule has 0 fully saturated rings. The maximum atomic E-state index is 13.4. The summed E-state index contributed by atoms with van der Waals surface area (Å²) < 4.78 is 98.5. The average Bonchev–Trinajstić information content (AvgIpc) is 3.46. The van der Waals surface area contributed by atoms with Crippen LogP contribution in [0.4, 0.5) is 36.8 Å². The fraction of sp³-hybridized carbons (Fsp3) is 0.391. The molecule has 0 aliphatic heterocycles. The lowest BCUT2D eigenvalue weighted by molar-refractivity contribution is -0.376. The van der Waals surface area contributed by atoms with Crippen LogP contribution in [0.25, 0.3) is 0 Å². The van der Waals surface area contributed by atoms with Crippen LogP contribution in [0.3, 0.4) is 0 Å². The van der Waals surface area contributed by atoms with Gasteiger partial charge >= 0.3 is 18.4 Å². The lowest BCUT2D eigenvalue weighted by atomic mass is 9.92. The smallest absolute Gasteiger partial charge is 0.369 e. The zero-order chi connectivity index (χ0) is 27.2. The van der Waals surface area contributed by atoms with Crippen molar-refractivity contribution in [2.45, 2.75) is 61.4 Å². The minimum Gasteiger partial charge on any atom is -0.369 e. The molecule has 37 heavy (non-hydrogen) atoms. The van der Waals surface area contributed by atoms with Crippen LogP contribution in [0, 0.1) is 11.5 Å². The van der Waals surface area contributed by atoms with Crippen LogP contribution in [0.5, 0.6) is 0 Å². The normalized spacial score (nSPS) is 16.8. The molecule has 3 N–H and O–H groups in total. The first kappa shape index (κ1) is 26.7. The maximum absolute atomic E-state index is 13.4. The number of amides is 2. The van der Waals surface area contributed by atoms with Crippen LogP contribution in [0.1, 0.15) is 40.7 Å². The number of benzene rings is 2. The van der Waals surface area contributed by atoms with Gasteiger partial charge in [0.1, 0.15) is 0 Å². The fourth-order valence-electron chi connectivity index (χ4n) is 4.81. The fourth-order valence-corrected chi connectivity index (χ4v) is 6.04. The monoisotopic (exact) mass is 546 g/mol. The molecule has 2 aromatic rings. The number of hydrogen-bond acceptors (Lipinski definition) is 5. The first-order valence-electron chi connectivity index (χ1n) is 11.1. The summed E-state index contributed by atoms with van der Waals surface area (Å²) in [5.74, 6) is 0. The Morgan fingerprint density at radius 3 is 2.05 bits per heavy atom. The van der Waals surface area contributed by atoms with Gasteiger partial charge in [-0.1, -0.05) is 22.6 Å². The first-order valence-corrected chi connectivity index (χ1v) is 12.6. The number of urea groups is 1. The van der Waals surface area contributed by atoms with E-state index in [2.05, 4.69) is 15.7 Å². The molecule has 2 amide bonds. The third-order valence-corrected chi connectivity index (χ3v) is 8.20. The first-order chi connectivity index (χ1) is 17.2. The highest BCUT2D eigenvalue weighted by molar-refractivity contribution is 7.92. The predicted octanol–water partition coefficient (Wildman–Crippen LogP) is 5.02. The summed E-state index contributed by atoms with van der Waals surface area (Å²) >= 11 is 0. The van der Waals surface area contributed by atoms with E-state index in [0.29, 0.717) is 30.7 Å². The van der Waals surface area contributed by atoms with Crippen LogP contribution >= 0.6 is 0 Å². The molecule has 0 radical (unpaired) electrons. The summed E-state index contributed by atoms with van der Waals surface area (Å²) in [4.78, 5) is 12.1. The Hall–Kier alpha value is -3.31. The number of aliphatic hydroxyl groups is 1. The molecule has 2 aliphatic carbocycles. The summed E-state index contributed by atoms with van der Waals surface area (Å²) in [6.07, 6.45) is -6.46. The largest absolute Gasteiger partial charge is 0.430 e. The number of anilines is 1. The van der Waals surface area contributed by atoms with E-state index in [1.165, 1.54) is 6.19 Å². The van der Waals surface area contributed by atoms with Gasteiger partial charge in [0.25, 0.3) is 5.60 Å². The number of carbonyl (C=O) groups excluding carboxylic acids is 1. The van der Waals surface area contributed by atoms with Crippen LogP contribution in [-0.2, 0) is 41.2 Å². The molecule has 0 saturated carbocycles. The standard InChI is InChI=1S/C23H20F6N4O3S/c24-22(25,26)21(35,23(27,28)29)15-6-3-7-16(11-15)37(36,31-12-30)33-20(34)32-19-17-8-1-4-13(17)10-14-5-2-9-18(14)19/h3,6-7,10-11,35H,1-2,4-5,8-9H2,(H2,31,32,33,34,36). The predicted molar refractivity (Wildman–Crippen MR) is 120 cm³/mol. The van der Waals surface area contributed by atoms with Gasteiger partial charge in [0, 0.05) is 11.3 Å². The SMILES string of the molecule is N#CN=S(=O)(NC(=O)Nc1c2c(cc3c1CCC3)CCC2)c1cccc(C(O)(C(F)(F)F)C(F)(F)F)c1. The van der Waals surface area contributed by atoms with Crippen molar-refractivity contribution in [3.8, 4) is 6.19 Å². The Morgan fingerprint density at radius 2 is 1.54 bits per heavy atom. The second kappa shape index (κ2) is 9.21. The van der Waals surface area contributed by atoms with Crippen molar-refractivity contribution >= 4 is 21.6 Å². The number of aryl methyl sites for hydroxylation is 2. The zero-order valence-electron chi connectivity index (χ0n) is 19.0. The second-order valence-corrected chi connectivity index (χ2v) is 10.7. The Kier molecular flexibility index (Phi) is 6.66. The molecule has 0 aromatic heterocycles. The second-order valence-electron chi connectivity index (χ2n) is 8.74. The molecule has 2 aliphatic rings. The van der Waals surface area contributed by atoms with E-state index in [1.807, 2.05) is 4.72 Å². The molecule has 1 atom stereocenters. The van der Waals surface area contributed by atoms with Crippen LogP contribution < -0.4 is 10.0 Å². The van der Waals surface area contributed by atoms with Gasteiger partial charge in [-0.2, -0.15) is 31.6 Å². The van der Waals surface area contributed by atoms with Crippen molar-refractivity contribution in [3.63, 3.8) is 0 Å². The third-order valence-electron chi connectivity index (χ3n) is 6.50. The molecule has 2 aromatic carbocycles. The van der Waals surface area contributed by atoms with E-state index in [4.69, 9.17) is 5.26 Å². The minimum atomic E-state index is -6.18. The Bertz CT molecular complexity index is 1380. The summed E-state index contributed by atoms with van der Waals surface area (Å²) in [7, 11) is -4.38. The number of nitrogens with one attached hydrogen (secondary N) is 2. The zero-order valence-corrected chi connectivity index (χ0v) is 19.8. The number of alkyl halides is 6. The Balaban J connectivity index is 1.71. The summed E-state index contributed by atoms with van der Waals surface area (Å²) in [5, 5.41) is 21.3. The van der Waals surface area contributed by atoms with Crippen molar-refractivity contribution in [3.05, 3.63) is 58.1 Å². The number of carbonyl (C=O) groups is 1. The highest BCUT2D eigenvalue weighted by atomic mass is 32.2. The van der Waals surface area contributed by atoms with Gasteiger partial charge in [-0.15, -0.1) is 0 Å². The molecule has 0 saturated heterocycles. The van der Waals surface area contributed by atoms with E-state index in [0.717, 1.165) is 54.0 Å². The maximum Gasteiger partial charge on any atom is 0.430 e. The third kappa shape index (κ3) is 4.61. The number of rotatable bonds is 4. The van der Waals surface area contributed by atoms with Gasteiger partial charge in [-0.05, 0) is 72.9 Å². The van der Waals surface area contributed by atoms with Gasteiger partial charge in [0.2, 0.25) is 6.19 Å². The highest BCUT2D eigenvalue weighted by Gasteiger charge is 2.71. The topological polar surface area (TPSA) is 115 Å². The summed E-state index contributed by atoms with van der Waals surface area (Å²) in [6, 6.07) is 2.99. The van der Waals surface area contributed by atoms with E-state index in [1.54, 1.807) is 0 Å². The van der Waals surface area contributed by atoms with E-state index < -0.39 is 44.4 Å². The number of fused-ring (bicyclic) bond motifs is 2. The van der Waals surface area contributed by atoms with Gasteiger partial charge in [-0.3, -0.25) is 0 Å². The molecular weight excluding hydrogens is 526 g/mol. The lowest BCUT2D eigenvalue weighted by Gasteiger charge is -2.32. The van der Waals surface area contributed by atoms with Crippen molar-refractivity contribution in [2.24, 2.45) is 4.36 Å². The van der Waals surface area contributed by atoms with E-state index >= 15 is 0 Å². The van der Waals surface area contributed by atoms with E-state index in [9.17, 15) is 40.5 Å². The van der Waals surface area contributed by atoms with Crippen LogP contribution in [-0.4, -0.2) is 27.7 Å². The molecule has 14 heteroatoms. The Labute approximate surface area is 207 Å². The molecule has 0 heterocycles. The molecule has 0 spiro atoms. The molecular formula is C23H20F6N4O3S. The molecule has 1 unspecified atom stereocenters.